The SMILES string of the molecule is O=C(O)C1CCN(C(=O)Nc2nnc(-c3c(F)cccc3Cl)s2)CC1. The number of nitrogens with zero attached hydrogens (tertiary/aromatic N) is 3. The number of urea groups is 1. The van der Waals surface area contributed by atoms with Gasteiger partial charge in [0.15, 0.2) is 5.01 Å². The zero-order valence-electron chi connectivity index (χ0n) is 12.9. The molecule has 2 aromatic rings. The quantitative estimate of drug-likeness (QED) is 0.846. The van der Waals surface area contributed by atoms with Crippen LogP contribution in [0.5, 0.6) is 0 Å². The number of aromatic nitrogens is 2. The molecule has 3 rings (SSSR count). The lowest BCUT2D eigenvalue weighted by atomic mass is 9.97. The number of nitrogens with one attached hydrogen (secondary N) is 1. The van der Waals surface area contributed by atoms with Gasteiger partial charge in [-0.05, 0) is 25.0 Å². The first-order chi connectivity index (χ1) is 12.0. The number of benzene rings is 1. The van der Waals surface area contributed by atoms with Crippen molar-refractivity contribution in [3.63, 3.8) is 0 Å². The Morgan fingerprint density at radius 3 is 2.68 bits per heavy atom. The maximum Gasteiger partial charge on any atom is 0.323 e. The van der Waals surface area contributed by atoms with E-state index in [4.69, 9.17) is 16.7 Å². The summed E-state index contributed by atoms with van der Waals surface area (Å²) < 4.78 is 13.9. The van der Waals surface area contributed by atoms with E-state index in [-0.39, 0.29) is 26.8 Å². The summed E-state index contributed by atoms with van der Waals surface area (Å²) in [4.78, 5) is 24.7. The third-order valence-corrected chi connectivity index (χ3v) is 5.12. The largest absolute Gasteiger partial charge is 0.481 e. The van der Waals surface area contributed by atoms with Crippen molar-refractivity contribution < 1.29 is 19.1 Å². The lowest BCUT2D eigenvalue weighted by Gasteiger charge is -2.29. The van der Waals surface area contributed by atoms with Crippen molar-refractivity contribution in [3.05, 3.63) is 29.0 Å². The number of rotatable bonds is 3. The molecule has 0 atom stereocenters. The third kappa shape index (κ3) is 3.88. The van der Waals surface area contributed by atoms with Gasteiger partial charge in [-0.1, -0.05) is 29.0 Å². The van der Waals surface area contributed by atoms with Crippen LogP contribution in [0.4, 0.5) is 14.3 Å². The van der Waals surface area contributed by atoms with Gasteiger partial charge in [-0.2, -0.15) is 0 Å². The molecule has 10 heteroatoms. The molecule has 0 spiro atoms. The van der Waals surface area contributed by atoms with Gasteiger partial charge in [0.25, 0.3) is 0 Å². The fourth-order valence-electron chi connectivity index (χ4n) is 2.58. The van der Waals surface area contributed by atoms with Crippen LogP contribution in [-0.4, -0.2) is 45.3 Å². The zero-order valence-corrected chi connectivity index (χ0v) is 14.5. The molecule has 132 valence electrons. The molecule has 2 heterocycles. The number of anilines is 1. The molecule has 1 aliphatic rings. The summed E-state index contributed by atoms with van der Waals surface area (Å²) in [6.07, 6.45) is 0.823. The first-order valence-electron chi connectivity index (χ1n) is 7.52. The Labute approximate surface area is 151 Å². The van der Waals surface area contributed by atoms with Crippen LogP contribution < -0.4 is 5.32 Å². The fraction of sp³-hybridized carbons (Fsp3) is 0.333. The van der Waals surface area contributed by atoms with E-state index in [9.17, 15) is 14.0 Å². The van der Waals surface area contributed by atoms with E-state index < -0.39 is 17.7 Å². The molecular weight excluding hydrogens is 371 g/mol. The minimum absolute atomic E-state index is 0.143. The van der Waals surface area contributed by atoms with E-state index in [0.717, 1.165) is 11.3 Å². The van der Waals surface area contributed by atoms with E-state index in [1.165, 1.54) is 17.0 Å². The van der Waals surface area contributed by atoms with Crippen LogP contribution in [0.15, 0.2) is 18.2 Å². The van der Waals surface area contributed by atoms with Gasteiger partial charge < -0.3 is 10.0 Å². The van der Waals surface area contributed by atoms with Crippen LogP contribution in [0.3, 0.4) is 0 Å². The van der Waals surface area contributed by atoms with E-state index in [2.05, 4.69) is 15.5 Å². The fourth-order valence-corrected chi connectivity index (χ4v) is 3.68. The summed E-state index contributed by atoms with van der Waals surface area (Å²) in [7, 11) is 0. The number of piperidine rings is 1. The number of carbonyl (C=O) groups excluding carboxylic acids is 1. The highest BCUT2D eigenvalue weighted by Crippen LogP contribution is 2.34. The highest BCUT2D eigenvalue weighted by atomic mass is 35.5. The number of amides is 2. The number of hydrogen-bond acceptors (Lipinski definition) is 5. The van der Waals surface area contributed by atoms with E-state index in [1.54, 1.807) is 6.07 Å². The van der Waals surface area contributed by atoms with Crippen LogP contribution in [0, 0.1) is 11.7 Å². The van der Waals surface area contributed by atoms with E-state index in [1.807, 2.05) is 0 Å². The number of carbonyl (C=O) groups is 2. The minimum Gasteiger partial charge on any atom is -0.481 e. The number of carboxylic acids is 1. The van der Waals surface area contributed by atoms with Crippen molar-refractivity contribution in [2.24, 2.45) is 5.92 Å². The van der Waals surface area contributed by atoms with Gasteiger partial charge in [0, 0.05) is 13.1 Å². The Kier molecular flexibility index (Phi) is 5.14. The number of carboxylic acid groups (broad SMARTS) is 1. The molecule has 7 nitrogen and oxygen atoms in total. The molecule has 0 unspecified atom stereocenters. The van der Waals surface area contributed by atoms with Gasteiger partial charge >= 0.3 is 12.0 Å². The summed E-state index contributed by atoms with van der Waals surface area (Å²) in [5.41, 5.74) is 0.143. The number of likely N-dealkylation sites (tertiary alicyclic amines) is 1. The molecule has 0 aliphatic carbocycles. The highest BCUT2D eigenvalue weighted by Gasteiger charge is 2.27. The highest BCUT2D eigenvalue weighted by molar-refractivity contribution is 7.18. The van der Waals surface area contributed by atoms with Gasteiger partial charge in [-0.15, -0.1) is 10.2 Å². The smallest absolute Gasteiger partial charge is 0.323 e. The summed E-state index contributed by atoms with van der Waals surface area (Å²) in [5, 5.41) is 20.0. The van der Waals surface area contributed by atoms with Crippen molar-refractivity contribution in [1.82, 2.24) is 15.1 Å². The van der Waals surface area contributed by atoms with Crippen LogP contribution >= 0.6 is 22.9 Å². The molecule has 2 N–H and O–H groups in total. The average molecular weight is 385 g/mol. The monoisotopic (exact) mass is 384 g/mol. The van der Waals surface area contributed by atoms with Crippen LogP contribution in [0.1, 0.15) is 12.8 Å². The molecule has 1 aromatic heterocycles. The molecule has 0 radical (unpaired) electrons. The van der Waals surface area contributed by atoms with Crippen molar-refractivity contribution in [3.8, 4) is 10.6 Å². The Balaban J connectivity index is 1.66. The number of aliphatic carboxylic acids is 1. The second-order valence-electron chi connectivity index (χ2n) is 5.54. The average Bonchev–Trinajstić information content (AvgIpc) is 3.02. The predicted molar refractivity (Wildman–Crippen MR) is 91.3 cm³/mol. The molecule has 0 bridgehead atoms. The van der Waals surface area contributed by atoms with Gasteiger partial charge in [-0.3, -0.25) is 10.1 Å². The summed E-state index contributed by atoms with van der Waals surface area (Å²) >= 11 is 7.01. The molecule has 1 aliphatic heterocycles. The molecule has 0 saturated carbocycles. The lowest BCUT2D eigenvalue weighted by molar-refractivity contribution is -0.143. The maximum absolute atomic E-state index is 13.9. The molecule has 1 saturated heterocycles. The first-order valence-corrected chi connectivity index (χ1v) is 8.71. The molecule has 1 fully saturated rings. The normalized spacial score (nSPS) is 15.2. The predicted octanol–water partition coefficient (Wildman–Crippen LogP) is 3.33. The second-order valence-corrected chi connectivity index (χ2v) is 6.92. The first kappa shape index (κ1) is 17.6. The standard InChI is InChI=1S/C15H14ClFN4O3S/c16-9-2-1-3-10(17)11(9)12-19-20-14(25-12)18-15(24)21-6-4-8(5-7-21)13(22)23/h1-3,8H,4-7H2,(H,22,23)(H,18,20,24). The molecular formula is C15H14ClFN4O3S. The van der Waals surface area contributed by atoms with Crippen molar-refractivity contribution in [2.75, 3.05) is 18.4 Å². The third-order valence-electron chi connectivity index (χ3n) is 3.95. The summed E-state index contributed by atoms with van der Waals surface area (Å²) in [6, 6.07) is 3.93. The van der Waals surface area contributed by atoms with E-state index >= 15 is 0 Å². The summed E-state index contributed by atoms with van der Waals surface area (Å²) in [6.45, 7) is 0.710. The summed E-state index contributed by atoms with van der Waals surface area (Å²) in [5.74, 6) is -1.77. The zero-order chi connectivity index (χ0) is 18.0. The molecule has 1 aromatic carbocycles. The van der Waals surface area contributed by atoms with Gasteiger partial charge in [0.1, 0.15) is 5.82 Å². The van der Waals surface area contributed by atoms with Crippen LogP contribution in [0.25, 0.3) is 10.6 Å². The van der Waals surface area contributed by atoms with Crippen molar-refractivity contribution >= 4 is 40.1 Å². The van der Waals surface area contributed by atoms with E-state index in [0.29, 0.717) is 25.9 Å². The number of halogens is 2. The Morgan fingerprint density at radius 1 is 1.32 bits per heavy atom. The van der Waals surface area contributed by atoms with Crippen molar-refractivity contribution in [1.29, 1.82) is 0 Å². The Morgan fingerprint density at radius 2 is 2.04 bits per heavy atom. The topological polar surface area (TPSA) is 95.4 Å². The van der Waals surface area contributed by atoms with Crippen molar-refractivity contribution in [2.45, 2.75) is 12.8 Å². The Bertz CT molecular complexity index is 788. The van der Waals surface area contributed by atoms with Crippen LogP contribution in [-0.2, 0) is 4.79 Å². The van der Waals surface area contributed by atoms with Gasteiger partial charge in [0.2, 0.25) is 5.13 Å². The molecule has 2 amide bonds. The molecule has 25 heavy (non-hydrogen) atoms. The minimum atomic E-state index is -0.837. The van der Waals surface area contributed by atoms with Gasteiger partial charge in [-0.25, -0.2) is 9.18 Å². The second kappa shape index (κ2) is 7.32. The maximum atomic E-state index is 13.9. The number of hydrogen-bond donors (Lipinski definition) is 2. The Hall–Kier alpha value is -2.26. The lowest BCUT2D eigenvalue weighted by Crippen LogP contribution is -2.42. The van der Waals surface area contributed by atoms with Crippen LogP contribution in [0.2, 0.25) is 5.02 Å². The van der Waals surface area contributed by atoms with Gasteiger partial charge in [0.05, 0.1) is 16.5 Å².